The molecule has 1 aliphatic heterocycles. The molecule has 0 aromatic carbocycles. The van der Waals surface area contributed by atoms with Crippen LogP contribution in [0.25, 0.3) is 0 Å². The number of hydrogen-bond donors (Lipinski definition) is 2. The molecule has 2 heterocycles. The van der Waals surface area contributed by atoms with E-state index in [1.807, 2.05) is 6.07 Å². The largest absolute Gasteiger partial charge is 0.328 e. The summed E-state index contributed by atoms with van der Waals surface area (Å²) in [7, 11) is 0. The second-order valence-electron chi connectivity index (χ2n) is 4.22. The third-order valence-corrected chi connectivity index (χ3v) is 3.00. The van der Waals surface area contributed by atoms with Crippen LogP contribution in [0.1, 0.15) is 19.0 Å². The molecule has 1 aromatic heterocycles. The number of hydrogen-bond acceptors (Lipinski definition) is 3. The van der Waals surface area contributed by atoms with Crippen molar-refractivity contribution in [2.75, 3.05) is 13.1 Å². The Bertz CT molecular complexity index is 268. The molecule has 0 radical (unpaired) electrons. The Labute approximate surface area is 84.5 Å². The first-order valence-corrected chi connectivity index (χ1v) is 5.22. The molecular weight excluding hydrogens is 176 g/mol. The summed E-state index contributed by atoms with van der Waals surface area (Å²) < 4.78 is 0. The molecule has 0 aliphatic carbocycles. The Balaban J connectivity index is 1.84. The molecule has 4 heteroatoms. The van der Waals surface area contributed by atoms with E-state index < -0.39 is 0 Å². The molecule has 2 unspecified atom stereocenters. The number of nitrogens with two attached hydrogens (primary N) is 1. The molecule has 1 saturated heterocycles. The maximum atomic E-state index is 5.89. The minimum absolute atomic E-state index is 0.321. The van der Waals surface area contributed by atoms with Crippen LogP contribution in [0.4, 0.5) is 0 Å². The van der Waals surface area contributed by atoms with Gasteiger partial charge in [-0.3, -0.25) is 10.00 Å². The average Bonchev–Trinajstić information content (AvgIpc) is 2.75. The molecule has 14 heavy (non-hydrogen) atoms. The van der Waals surface area contributed by atoms with E-state index in [9.17, 15) is 0 Å². The zero-order valence-electron chi connectivity index (χ0n) is 8.61. The van der Waals surface area contributed by atoms with E-state index in [2.05, 4.69) is 22.0 Å². The Morgan fingerprint density at radius 2 is 2.64 bits per heavy atom. The first kappa shape index (κ1) is 9.68. The monoisotopic (exact) mass is 194 g/mol. The van der Waals surface area contributed by atoms with E-state index in [0.717, 1.165) is 19.6 Å². The van der Waals surface area contributed by atoms with Gasteiger partial charge in [-0.15, -0.1) is 0 Å². The van der Waals surface area contributed by atoms with E-state index in [4.69, 9.17) is 5.73 Å². The molecule has 0 bridgehead atoms. The molecule has 0 saturated carbocycles. The van der Waals surface area contributed by atoms with E-state index >= 15 is 0 Å². The summed E-state index contributed by atoms with van der Waals surface area (Å²) in [6.45, 7) is 5.36. The van der Waals surface area contributed by atoms with Gasteiger partial charge >= 0.3 is 0 Å². The lowest BCUT2D eigenvalue weighted by molar-refractivity contribution is 0.305. The summed E-state index contributed by atoms with van der Waals surface area (Å²) in [5.41, 5.74) is 7.08. The lowest BCUT2D eigenvalue weighted by Crippen LogP contribution is -2.29. The van der Waals surface area contributed by atoms with Crippen LogP contribution in [0.2, 0.25) is 0 Å². The maximum Gasteiger partial charge on any atom is 0.0492 e. The zero-order valence-corrected chi connectivity index (χ0v) is 8.61. The fraction of sp³-hybridized carbons (Fsp3) is 0.700. The van der Waals surface area contributed by atoms with Crippen molar-refractivity contribution in [3.05, 3.63) is 18.0 Å². The summed E-state index contributed by atoms with van der Waals surface area (Å²) in [6, 6.07) is 2.35. The Morgan fingerprint density at radius 3 is 3.21 bits per heavy atom. The van der Waals surface area contributed by atoms with E-state index in [-0.39, 0.29) is 0 Å². The van der Waals surface area contributed by atoms with Crippen LogP contribution in [0.3, 0.4) is 0 Å². The molecular formula is C10H18N4. The highest BCUT2D eigenvalue weighted by atomic mass is 15.2. The predicted molar refractivity (Wildman–Crippen MR) is 55.6 cm³/mol. The quantitative estimate of drug-likeness (QED) is 0.740. The first-order chi connectivity index (χ1) is 6.75. The second-order valence-corrected chi connectivity index (χ2v) is 4.22. The van der Waals surface area contributed by atoms with Crippen molar-refractivity contribution in [2.45, 2.75) is 25.9 Å². The molecule has 2 rings (SSSR count). The molecule has 0 amide bonds. The lowest BCUT2D eigenvalue weighted by atomic mass is 10.0. The molecule has 1 aliphatic rings. The SMILES string of the molecule is CC(N)C1CCN(Cc2ccn[nH]2)C1. The smallest absolute Gasteiger partial charge is 0.0492 e. The van der Waals surface area contributed by atoms with Crippen LogP contribution in [-0.4, -0.2) is 34.2 Å². The van der Waals surface area contributed by atoms with Crippen molar-refractivity contribution < 1.29 is 0 Å². The standard InChI is InChI=1S/C10H18N4/c1-8(11)9-3-5-14(6-9)7-10-2-4-12-13-10/h2,4,8-9H,3,5-7,11H2,1H3,(H,12,13). The number of aromatic nitrogens is 2. The second kappa shape index (κ2) is 4.11. The Morgan fingerprint density at radius 1 is 1.79 bits per heavy atom. The van der Waals surface area contributed by atoms with Crippen molar-refractivity contribution in [2.24, 2.45) is 11.7 Å². The summed E-state index contributed by atoms with van der Waals surface area (Å²) in [4.78, 5) is 2.43. The first-order valence-electron chi connectivity index (χ1n) is 5.22. The normalized spacial score (nSPS) is 25.4. The summed E-state index contributed by atoms with van der Waals surface area (Å²) in [5.74, 6) is 0.665. The zero-order chi connectivity index (χ0) is 9.97. The Hall–Kier alpha value is -0.870. The third-order valence-electron chi connectivity index (χ3n) is 3.00. The molecule has 2 atom stereocenters. The Kier molecular flexibility index (Phi) is 2.84. The van der Waals surface area contributed by atoms with E-state index in [1.165, 1.54) is 12.1 Å². The fourth-order valence-corrected chi connectivity index (χ4v) is 2.05. The highest BCUT2D eigenvalue weighted by Gasteiger charge is 2.24. The highest BCUT2D eigenvalue weighted by Crippen LogP contribution is 2.19. The van der Waals surface area contributed by atoms with Gasteiger partial charge in [-0.1, -0.05) is 0 Å². The van der Waals surface area contributed by atoms with Crippen LogP contribution >= 0.6 is 0 Å². The molecule has 78 valence electrons. The molecule has 4 nitrogen and oxygen atoms in total. The summed E-state index contributed by atoms with van der Waals surface area (Å²) >= 11 is 0. The molecule has 0 spiro atoms. The van der Waals surface area contributed by atoms with Crippen molar-refractivity contribution in [1.82, 2.24) is 15.1 Å². The van der Waals surface area contributed by atoms with Gasteiger partial charge in [0.15, 0.2) is 0 Å². The van der Waals surface area contributed by atoms with Crippen LogP contribution < -0.4 is 5.73 Å². The van der Waals surface area contributed by atoms with Gasteiger partial charge in [-0.25, -0.2) is 0 Å². The van der Waals surface area contributed by atoms with Gasteiger partial charge in [-0.2, -0.15) is 5.10 Å². The lowest BCUT2D eigenvalue weighted by Gasteiger charge is -2.16. The minimum Gasteiger partial charge on any atom is -0.328 e. The topological polar surface area (TPSA) is 57.9 Å². The number of H-pyrrole nitrogens is 1. The van der Waals surface area contributed by atoms with Crippen LogP contribution in [0.15, 0.2) is 12.3 Å². The highest BCUT2D eigenvalue weighted by molar-refractivity contribution is 4.98. The summed E-state index contributed by atoms with van der Waals surface area (Å²) in [6.07, 6.45) is 3.03. The number of likely N-dealkylation sites (tertiary alicyclic amines) is 1. The fourth-order valence-electron chi connectivity index (χ4n) is 2.05. The van der Waals surface area contributed by atoms with Gasteiger partial charge < -0.3 is 5.73 Å². The predicted octanol–water partition coefficient (Wildman–Crippen LogP) is 0.579. The van der Waals surface area contributed by atoms with Gasteiger partial charge in [0.2, 0.25) is 0 Å². The van der Waals surface area contributed by atoms with E-state index in [1.54, 1.807) is 6.20 Å². The molecule has 3 N–H and O–H groups in total. The number of rotatable bonds is 3. The van der Waals surface area contributed by atoms with Gasteiger partial charge in [0.05, 0.1) is 0 Å². The van der Waals surface area contributed by atoms with Crippen molar-refractivity contribution >= 4 is 0 Å². The van der Waals surface area contributed by atoms with Gasteiger partial charge in [-0.05, 0) is 31.9 Å². The molecule has 1 fully saturated rings. The van der Waals surface area contributed by atoms with Crippen molar-refractivity contribution in [3.8, 4) is 0 Å². The molecule has 1 aromatic rings. The number of nitrogens with one attached hydrogen (secondary N) is 1. The number of aromatic amines is 1. The van der Waals surface area contributed by atoms with Gasteiger partial charge in [0, 0.05) is 31.0 Å². The van der Waals surface area contributed by atoms with Gasteiger partial charge in [0.1, 0.15) is 0 Å². The van der Waals surface area contributed by atoms with Crippen LogP contribution in [-0.2, 0) is 6.54 Å². The van der Waals surface area contributed by atoms with E-state index in [0.29, 0.717) is 12.0 Å². The third kappa shape index (κ3) is 2.13. The minimum atomic E-state index is 0.321. The van der Waals surface area contributed by atoms with Crippen molar-refractivity contribution in [1.29, 1.82) is 0 Å². The van der Waals surface area contributed by atoms with Gasteiger partial charge in [0.25, 0.3) is 0 Å². The summed E-state index contributed by atoms with van der Waals surface area (Å²) in [5, 5.41) is 6.93. The maximum absolute atomic E-state index is 5.89. The average molecular weight is 194 g/mol. The van der Waals surface area contributed by atoms with Crippen LogP contribution in [0, 0.1) is 5.92 Å². The van der Waals surface area contributed by atoms with Crippen molar-refractivity contribution in [3.63, 3.8) is 0 Å². The van der Waals surface area contributed by atoms with Crippen LogP contribution in [0.5, 0.6) is 0 Å². The number of nitrogens with zero attached hydrogens (tertiary/aromatic N) is 2.